The van der Waals surface area contributed by atoms with E-state index in [0.29, 0.717) is 48.0 Å². The molecule has 0 saturated heterocycles. The number of aliphatic hydroxyl groups excluding tert-OH is 1. The van der Waals surface area contributed by atoms with Gasteiger partial charge in [-0.2, -0.15) is 0 Å². The molecule has 9 nitrogen and oxygen atoms in total. The summed E-state index contributed by atoms with van der Waals surface area (Å²) < 4.78 is 12.5. The van der Waals surface area contributed by atoms with Gasteiger partial charge in [0.1, 0.15) is 5.75 Å². The number of hydrogen-bond acceptors (Lipinski definition) is 6. The Kier molecular flexibility index (Phi) is 11.8. The Labute approximate surface area is 298 Å². The molecule has 2 N–H and O–H groups in total. The molecular weight excluding hydrogens is 638 g/mol. The van der Waals surface area contributed by atoms with Crippen LogP contribution in [-0.2, 0) is 22.4 Å². The van der Waals surface area contributed by atoms with Crippen LogP contribution in [0, 0.1) is 0 Å². The predicted octanol–water partition coefficient (Wildman–Crippen LogP) is 8.70. The number of nitrogens with one attached hydrogen (secondary N) is 1. The number of aliphatic imine (C=N–C) groups is 1. The number of aryl methyl sites for hydroxylation is 1. The van der Waals surface area contributed by atoms with Crippen LogP contribution in [0.4, 0.5) is 5.69 Å². The lowest BCUT2D eigenvalue weighted by Gasteiger charge is -2.31. The number of ether oxygens (including phenoxy) is 2. The third-order valence-electron chi connectivity index (χ3n) is 8.98. The first-order valence-electron chi connectivity index (χ1n) is 17.3. The molecule has 0 saturated carbocycles. The summed E-state index contributed by atoms with van der Waals surface area (Å²) in [5.74, 6) is 0.713. The molecule has 0 spiro atoms. The molecule has 0 aromatic heterocycles. The Morgan fingerprint density at radius 2 is 1.49 bits per heavy atom. The van der Waals surface area contributed by atoms with Crippen LogP contribution in [0.5, 0.6) is 5.75 Å². The first-order valence-corrected chi connectivity index (χ1v) is 17.3. The molecule has 1 aliphatic rings. The van der Waals surface area contributed by atoms with Gasteiger partial charge in [-0.15, -0.1) is 0 Å². The molecule has 1 heterocycles. The number of carbonyl (C=O) groups excluding carboxylic acids is 1. The van der Waals surface area contributed by atoms with Crippen LogP contribution in [0.1, 0.15) is 47.6 Å². The molecule has 1 aliphatic heterocycles. The first kappa shape index (κ1) is 35.0. The zero-order valence-corrected chi connectivity index (χ0v) is 28.4. The van der Waals surface area contributed by atoms with Gasteiger partial charge in [-0.1, -0.05) is 114 Å². The highest BCUT2D eigenvalue weighted by molar-refractivity contribution is 6.01. The highest BCUT2D eigenvalue weighted by Gasteiger charge is 2.53. The van der Waals surface area contributed by atoms with Gasteiger partial charge in [0.05, 0.1) is 6.61 Å². The topological polar surface area (TPSA) is 129 Å². The maximum Gasteiger partial charge on any atom is 0.252 e. The van der Waals surface area contributed by atoms with E-state index in [0.717, 1.165) is 36.0 Å². The summed E-state index contributed by atoms with van der Waals surface area (Å²) in [5.41, 5.74) is 13.9. The highest BCUT2D eigenvalue weighted by Crippen LogP contribution is 2.44. The SMILES string of the molecule is [N-]=[N+]=Nc1ccccc1C[C@@]1(C(=O)NCCCCc2ccccc2)N=C(c2ccc(OCCCO)cc2)O[C@@H]1c1ccc(-c2ccccc2)cc1. The molecule has 0 aliphatic carbocycles. The Morgan fingerprint density at radius 1 is 0.824 bits per heavy atom. The molecule has 51 heavy (non-hydrogen) atoms. The Morgan fingerprint density at radius 3 is 2.22 bits per heavy atom. The summed E-state index contributed by atoms with van der Waals surface area (Å²) in [5, 5.41) is 16.3. The van der Waals surface area contributed by atoms with Gasteiger partial charge in [0, 0.05) is 42.2 Å². The molecule has 0 radical (unpaired) electrons. The van der Waals surface area contributed by atoms with Gasteiger partial charge in [-0.25, -0.2) is 4.99 Å². The van der Waals surface area contributed by atoms with Crippen molar-refractivity contribution in [2.45, 2.75) is 43.7 Å². The molecular formula is C42H41N5O4. The van der Waals surface area contributed by atoms with E-state index in [1.807, 2.05) is 97.1 Å². The fraction of sp³-hybridized carbons (Fsp3) is 0.238. The van der Waals surface area contributed by atoms with Crippen molar-refractivity contribution < 1.29 is 19.4 Å². The lowest BCUT2D eigenvalue weighted by Crippen LogP contribution is -2.50. The minimum Gasteiger partial charge on any atom is -0.494 e. The average Bonchev–Trinajstić information content (AvgIpc) is 3.57. The van der Waals surface area contributed by atoms with Crippen LogP contribution in [0.15, 0.2) is 144 Å². The van der Waals surface area contributed by atoms with Crippen molar-refractivity contribution in [2.24, 2.45) is 10.1 Å². The average molecular weight is 680 g/mol. The normalized spacial score (nSPS) is 16.4. The summed E-state index contributed by atoms with van der Waals surface area (Å²) in [7, 11) is 0. The largest absolute Gasteiger partial charge is 0.494 e. The van der Waals surface area contributed by atoms with Crippen LogP contribution >= 0.6 is 0 Å². The van der Waals surface area contributed by atoms with Crippen molar-refractivity contribution in [1.29, 1.82) is 0 Å². The van der Waals surface area contributed by atoms with Crippen LogP contribution in [0.25, 0.3) is 21.6 Å². The first-order chi connectivity index (χ1) is 25.1. The minimum absolute atomic E-state index is 0.0520. The van der Waals surface area contributed by atoms with Crippen LogP contribution in [0.3, 0.4) is 0 Å². The van der Waals surface area contributed by atoms with Gasteiger partial charge in [-0.05, 0) is 76.9 Å². The number of aliphatic hydroxyl groups is 1. The molecule has 5 aromatic carbocycles. The second-order valence-electron chi connectivity index (χ2n) is 12.5. The van der Waals surface area contributed by atoms with Crippen molar-refractivity contribution in [1.82, 2.24) is 5.32 Å². The zero-order chi connectivity index (χ0) is 35.3. The molecule has 0 unspecified atom stereocenters. The van der Waals surface area contributed by atoms with Crippen molar-refractivity contribution in [3.05, 3.63) is 166 Å². The summed E-state index contributed by atoms with van der Waals surface area (Å²) in [6.45, 7) is 0.916. The lowest BCUT2D eigenvalue weighted by atomic mass is 9.81. The van der Waals surface area contributed by atoms with Crippen LogP contribution in [0.2, 0.25) is 0 Å². The molecule has 1 amide bonds. The summed E-state index contributed by atoms with van der Waals surface area (Å²) in [6, 6.07) is 43.1. The second-order valence-corrected chi connectivity index (χ2v) is 12.5. The maximum absolute atomic E-state index is 14.7. The van der Waals surface area contributed by atoms with Gasteiger partial charge in [0.25, 0.3) is 5.91 Å². The molecule has 2 atom stereocenters. The smallest absolute Gasteiger partial charge is 0.252 e. The fourth-order valence-electron chi connectivity index (χ4n) is 6.31. The van der Waals surface area contributed by atoms with Crippen molar-refractivity contribution >= 4 is 17.5 Å². The molecule has 6 rings (SSSR count). The number of amides is 1. The number of nitrogens with zero attached hydrogens (tertiary/aromatic N) is 4. The van der Waals surface area contributed by atoms with Gasteiger partial charge in [-0.3, -0.25) is 4.79 Å². The Balaban J connectivity index is 1.36. The standard InChI is InChI=1S/C42H41N5O4/c43-47-46-38-18-8-7-17-36(38)30-42(41(49)44-27-10-9-14-31-12-3-1-4-13-31)39(34-21-19-33(20-22-34)32-15-5-2-6-16-32)51-40(45-42)35-23-25-37(26-24-35)50-29-11-28-48/h1-8,12-13,15-26,39,48H,9-11,14,27-30H2,(H,44,49)/t39-,42-/m1/s1. The molecule has 0 fully saturated rings. The maximum atomic E-state index is 14.7. The Hall–Kier alpha value is -5.89. The van der Waals surface area contributed by atoms with Crippen LogP contribution in [-0.4, -0.2) is 42.2 Å². The Bertz CT molecular complexity index is 1960. The number of rotatable bonds is 16. The third-order valence-corrected chi connectivity index (χ3v) is 8.98. The van der Waals surface area contributed by atoms with E-state index in [9.17, 15) is 10.3 Å². The van der Waals surface area contributed by atoms with E-state index in [-0.39, 0.29) is 18.9 Å². The van der Waals surface area contributed by atoms with E-state index >= 15 is 0 Å². The van der Waals surface area contributed by atoms with Crippen molar-refractivity contribution in [3.8, 4) is 16.9 Å². The molecule has 9 heteroatoms. The third kappa shape index (κ3) is 8.65. The zero-order valence-electron chi connectivity index (χ0n) is 28.4. The van der Waals surface area contributed by atoms with Gasteiger partial charge in [0.15, 0.2) is 11.6 Å². The molecule has 0 bridgehead atoms. The summed E-state index contributed by atoms with van der Waals surface area (Å²) >= 11 is 0. The number of unbranched alkanes of at least 4 members (excludes halogenated alkanes) is 1. The van der Waals surface area contributed by atoms with Crippen molar-refractivity contribution in [3.63, 3.8) is 0 Å². The van der Waals surface area contributed by atoms with E-state index in [2.05, 4.69) is 39.6 Å². The number of azide groups is 1. The highest BCUT2D eigenvalue weighted by atomic mass is 16.5. The monoisotopic (exact) mass is 679 g/mol. The quantitative estimate of drug-likeness (QED) is 0.0468. The number of hydrogen-bond donors (Lipinski definition) is 2. The van der Waals surface area contributed by atoms with Gasteiger partial charge >= 0.3 is 0 Å². The lowest BCUT2D eigenvalue weighted by molar-refractivity contribution is -0.128. The number of benzene rings is 5. The van der Waals surface area contributed by atoms with Crippen LogP contribution < -0.4 is 10.1 Å². The van der Waals surface area contributed by atoms with E-state index in [1.165, 1.54) is 5.56 Å². The van der Waals surface area contributed by atoms with E-state index < -0.39 is 11.6 Å². The predicted molar refractivity (Wildman–Crippen MR) is 200 cm³/mol. The fourth-order valence-corrected chi connectivity index (χ4v) is 6.31. The van der Waals surface area contributed by atoms with E-state index in [4.69, 9.17) is 19.6 Å². The minimum atomic E-state index is -1.43. The van der Waals surface area contributed by atoms with E-state index in [1.54, 1.807) is 12.1 Å². The number of carbonyl (C=O) groups is 1. The summed E-state index contributed by atoms with van der Waals surface area (Å²) in [4.78, 5) is 22.9. The second kappa shape index (κ2) is 17.2. The summed E-state index contributed by atoms with van der Waals surface area (Å²) in [6.07, 6.45) is 2.50. The van der Waals surface area contributed by atoms with Gasteiger partial charge in [0.2, 0.25) is 5.90 Å². The van der Waals surface area contributed by atoms with Crippen molar-refractivity contribution in [2.75, 3.05) is 19.8 Å². The molecule has 258 valence electrons. The van der Waals surface area contributed by atoms with Gasteiger partial charge < -0.3 is 19.9 Å². The molecule has 5 aromatic rings.